The molecule has 0 fully saturated rings. The van der Waals surface area contributed by atoms with Gasteiger partial charge in [0.2, 0.25) is 0 Å². The lowest BCUT2D eigenvalue weighted by Gasteiger charge is -2.10. The summed E-state index contributed by atoms with van der Waals surface area (Å²) in [6.45, 7) is 2.05. The third-order valence-electron chi connectivity index (χ3n) is 1.70. The molecule has 66 valence electrons. The van der Waals surface area contributed by atoms with Crippen LogP contribution in [-0.4, -0.2) is 13.3 Å². The van der Waals surface area contributed by atoms with Crippen molar-refractivity contribution in [3.05, 3.63) is 23.5 Å². The van der Waals surface area contributed by atoms with Gasteiger partial charge in [-0.3, -0.25) is 0 Å². The van der Waals surface area contributed by atoms with Crippen LogP contribution in [0, 0.1) is 0 Å². The normalized spacial score (nSPS) is 16.2. The molecule has 0 atom stereocenters. The Kier molecular flexibility index (Phi) is 2.91. The van der Waals surface area contributed by atoms with Gasteiger partial charge >= 0.3 is 6.16 Å². The second-order valence-corrected chi connectivity index (χ2v) is 2.70. The largest absolute Gasteiger partial charge is 0.513 e. The van der Waals surface area contributed by atoms with Crippen molar-refractivity contribution >= 4 is 6.16 Å². The highest BCUT2D eigenvalue weighted by atomic mass is 16.7. The molecule has 1 aliphatic rings. The number of allylic oxidation sites excluding steroid dienone is 4. The maximum absolute atomic E-state index is 10.7. The van der Waals surface area contributed by atoms with Gasteiger partial charge in [-0.15, -0.1) is 0 Å². The zero-order valence-corrected chi connectivity index (χ0v) is 7.29. The summed E-state index contributed by atoms with van der Waals surface area (Å²) in [6.07, 6.45) is 4.83. The summed E-state index contributed by atoms with van der Waals surface area (Å²) in [5.74, 6) is 0.674. The first-order chi connectivity index (χ1) is 5.72. The molecular weight excluding hydrogens is 156 g/mol. The Morgan fingerprint density at radius 3 is 2.67 bits per heavy atom. The van der Waals surface area contributed by atoms with Crippen LogP contribution in [0.15, 0.2) is 23.5 Å². The van der Waals surface area contributed by atoms with Crippen LogP contribution in [0.2, 0.25) is 0 Å². The van der Waals surface area contributed by atoms with Crippen LogP contribution in [0.4, 0.5) is 4.79 Å². The lowest BCUT2D eigenvalue weighted by molar-refractivity contribution is 0.0946. The first-order valence-corrected chi connectivity index (χ1v) is 3.84. The van der Waals surface area contributed by atoms with E-state index in [1.165, 1.54) is 12.7 Å². The zero-order chi connectivity index (χ0) is 8.97. The summed E-state index contributed by atoms with van der Waals surface area (Å²) in [5, 5.41) is 0. The second-order valence-electron chi connectivity index (χ2n) is 2.70. The van der Waals surface area contributed by atoms with Gasteiger partial charge in [0.1, 0.15) is 5.76 Å². The molecule has 0 radical (unpaired) electrons. The van der Waals surface area contributed by atoms with Gasteiger partial charge in [0.25, 0.3) is 0 Å². The molecule has 0 amide bonds. The van der Waals surface area contributed by atoms with Gasteiger partial charge in [0.15, 0.2) is 0 Å². The highest BCUT2D eigenvalue weighted by Crippen LogP contribution is 2.18. The zero-order valence-electron chi connectivity index (χ0n) is 7.29. The molecule has 0 spiro atoms. The summed E-state index contributed by atoms with van der Waals surface area (Å²) in [7, 11) is 1.30. The number of carbonyl (C=O) groups excluding carboxylic acids is 1. The predicted octanol–water partition coefficient (Wildman–Crippen LogP) is 2.39. The quantitative estimate of drug-likeness (QED) is 0.564. The molecule has 0 heterocycles. The molecule has 0 aliphatic heterocycles. The monoisotopic (exact) mass is 168 g/mol. The maximum Gasteiger partial charge on any atom is 0.513 e. The van der Waals surface area contributed by atoms with Crippen molar-refractivity contribution in [3.63, 3.8) is 0 Å². The smallest absolute Gasteiger partial charge is 0.437 e. The van der Waals surface area contributed by atoms with Crippen molar-refractivity contribution in [3.8, 4) is 0 Å². The molecule has 0 bridgehead atoms. The average molecular weight is 168 g/mol. The Hall–Kier alpha value is -1.25. The fourth-order valence-corrected chi connectivity index (χ4v) is 0.956. The molecule has 3 nitrogen and oxygen atoms in total. The maximum atomic E-state index is 10.7. The molecule has 1 aliphatic carbocycles. The van der Waals surface area contributed by atoms with Crippen LogP contribution < -0.4 is 0 Å². The third-order valence-corrected chi connectivity index (χ3v) is 1.70. The van der Waals surface area contributed by atoms with Crippen molar-refractivity contribution in [2.45, 2.75) is 19.8 Å². The average Bonchev–Trinajstić information content (AvgIpc) is 2.09. The van der Waals surface area contributed by atoms with E-state index in [1.54, 1.807) is 6.08 Å². The topological polar surface area (TPSA) is 35.5 Å². The summed E-state index contributed by atoms with van der Waals surface area (Å²) < 4.78 is 9.20. The molecule has 12 heavy (non-hydrogen) atoms. The second kappa shape index (κ2) is 3.95. The van der Waals surface area contributed by atoms with E-state index in [2.05, 4.69) is 4.74 Å². The minimum Gasteiger partial charge on any atom is -0.437 e. The highest BCUT2D eigenvalue weighted by Gasteiger charge is 2.08. The van der Waals surface area contributed by atoms with Crippen molar-refractivity contribution in [2.24, 2.45) is 0 Å². The minimum absolute atomic E-state index is 0.644. The van der Waals surface area contributed by atoms with Gasteiger partial charge in [0.05, 0.1) is 7.11 Å². The number of rotatable bonds is 1. The minimum atomic E-state index is -0.644. The van der Waals surface area contributed by atoms with Gasteiger partial charge in [-0.2, -0.15) is 0 Å². The Morgan fingerprint density at radius 1 is 1.42 bits per heavy atom. The molecule has 0 aromatic carbocycles. The van der Waals surface area contributed by atoms with E-state index in [4.69, 9.17) is 4.74 Å². The standard InChI is InChI=1S/C9H12O3/c1-7-3-5-8(6-4-7)12-9(10)11-2/h3,5H,4,6H2,1-2H3. The van der Waals surface area contributed by atoms with Crippen LogP contribution in [0.5, 0.6) is 0 Å². The Bertz CT molecular complexity index is 238. The van der Waals surface area contributed by atoms with Gasteiger partial charge in [-0.05, 0) is 19.4 Å². The summed E-state index contributed by atoms with van der Waals surface area (Å²) >= 11 is 0. The van der Waals surface area contributed by atoms with Crippen LogP contribution in [-0.2, 0) is 9.47 Å². The lowest BCUT2D eigenvalue weighted by atomic mass is 10.1. The van der Waals surface area contributed by atoms with E-state index in [0.29, 0.717) is 5.76 Å². The highest BCUT2D eigenvalue weighted by molar-refractivity contribution is 5.61. The first-order valence-electron chi connectivity index (χ1n) is 3.84. The van der Waals surface area contributed by atoms with Crippen LogP contribution >= 0.6 is 0 Å². The summed E-state index contributed by atoms with van der Waals surface area (Å²) in [4.78, 5) is 10.7. The van der Waals surface area contributed by atoms with Crippen molar-refractivity contribution in [1.29, 1.82) is 0 Å². The van der Waals surface area contributed by atoms with E-state index in [1.807, 2.05) is 13.0 Å². The Morgan fingerprint density at radius 2 is 2.17 bits per heavy atom. The Labute approximate surface area is 71.7 Å². The molecule has 3 heteroatoms. The van der Waals surface area contributed by atoms with Gasteiger partial charge in [-0.1, -0.05) is 11.6 Å². The van der Waals surface area contributed by atoms with Gasteiger partial charge in [0, 0.05) is 6.42 Å². The summed E-state index contributed by atoms with van der Waals surface area (Å²) in [6, 6.07) is 0. The molecule has 0 aromatic rings. The fourth-order valence-electron chi connectivity index (χ4n) is 0.956. The van der Waals surface area contributed by atoms with Gasteiger partial charge in [-0.25, -0.2) is 4.79 Å². The molecule has 1 rings (SSSR count). The molecule has 0 saturated heterocycles. The third kappa shape index (κ3) is 2.42. The number of methoxy groups -OCH3 is 1. The number of carbonyl (C=O) groups is 1. The van der Waals surface area contributed by atoms with Crippen molar-refractivity contribution < 1.29 is 14.3 Å². The van der Waals surface area contributed by atoms with Crippen LogP contribution in [0.3, 0.4) is 0 Å². The van der Waals surface area contributed by atoms with E-state index in [0.717, 1.165) is 12.8 Å². The summed E-state index contributed by atoms with van der Waals surface area (Å²) in [5.41, 5.74) is 1.30. The van der Waals surface area contributed by atoms with Crippen molar-refractivity contribution in [2.75, 3.05) is 7.11 Å². The fraction of sp³-hybridized carbons (Fsp3) is 0.444. The first kappa shape index (κ1) is 8.84. The van der Waals surface area contributed by atoms with Crippen LogP contribution in [0.1, 0.15) is 19.8 Å². The SMILES string of the molecule is COC(=O)OC1=CC=C(C)CC1. The molecule has 0 unspecified atom stereocenters. The molecule has 0 saturated carbocycles. The number of hydrogen-bond donors (Lipinski definition) is 0. The van der Waals surface area contributed by atoms with E-state index >= 15 is 0 Å². The molecular formula is C9H12O3. The number of hydrogen-bond acceptors (Lipinski definition) is 3. The van der Waals surface area contributed by atoms with Gasteiger partial charge < -0.3 is 9.47 Å². The molecule has 0 N–H and O–H groups in total. The molecule has 0 aromatic heterocycles. The van der Waals surface area contributed by atoms with Crippen molar-refractivity contribution in [1.82, 2.24) is 0 Å². The predicted molar refractivity (Wildman–Crippen MR) is 44.6 cm³/mol. The van der Waals surface area contributed by atoms with E-state index in [-0.39, 0.29) is 0 Å². The van der Waals surface area contributed by atoms with E-state index < -0.39 is 6.16 Å². The lowest BCUT2D eigenvalue weighted by Crippen LogP contribution is -2.05. The van der Waals surface area contributed by atoms with Crippen LogP contribution in [0.25, 0.3) is 0 Å². The number of ether oxygens (including phenoxy) is 2. The Balaban J connectivity index is 2.49. The van der Waals surface area contributed by atoms with E-state index in [9.17, 15) is 4.79 Å².